The number of aliphatic hydroxyl groups is 2. The first-order valence-corrected chi connectivity index (χ1v) is 16.7. The first-order valence-electron chi connectivity index (χ1n) is 13.7. The van der Waals surface area contributed by atoms with E-state index >= 15 is 0 Å². The van der Waals surface area contributed by atoms with Crippen LogP contribution in [0.25, 0.3) is 22.3 Å². The molecular formula is C22H27N9O13P2. The van der Waals surface area contributed by atoms with Gasteiger partial charge in [-0.1, -0.05) is 6.92 Å². The van der Waals surface area contributed by atoms with Crippen LogP contribution in [0.4, 0.5) is 5.95 Å². The summed E-state index contributed by atoms with van der Waals surface area (Å²) in [4.78, 5) is 56.6. The molecule has 248 valence electrons. The number of aryl methyl sites for hydroxylation is 1. The maximum absolute atomic E-state index is 13.2. The van der Waals surface area contributed by atoms with Crippen LogP contribution in [0.1, 0.15) is 25.1 Å². The molecule has 0 saturated carbocycles. The highest BCUT2D eigenvalue weighted by molar-refractivity contribution is 7.47. The summed E-state index contributed by atoms with van der Waals surface area (Å²) in [6, 6.07) is 0. The Balaban J connectivity index is 1.20. The number of fused-ring (bicyclic) bond motifs is 5. The molecule has 0 aromatic carbocycles. The SMILES string of the molecule is CCc1ncnc2c1ncn2[C@@H]1OC2COP(=O)(O)O[C@@H]3[C@H](O)[C@@H](COP(=O)(O)O[C@H]2[C@H]1O)O[C@H]3n1cnc2c(=O)[nH]c(N)nc21. The molecule has 10 atom stereocenters. The molecule has 0 radical (unpaired) electrons. The Morgan fingerprint density at radius 3 is 2.24 bits per heavy atom. The number of imidazole rings is 2. The smallest absolute Gasteiger partial charge is 0.387 e. The number of rotatable bonds is 3. The number of aromatic nitrogens is 8. The van der Waals surface area contributed by atoms with E-state index in [0.29, 0.717) is 17.6 Å². The Kier molecular flexibility index (Phi) is 7.82. The van der Waals surface area contributed by atoms with Crippen LogP contribution in [0.15, 0.2) is 23.8 Å². The summed E-state index contributed by atoms with van der Waals surface area (Å²) < 4.78 is 61.5. The van der Waals surface area contributed by atoms with Gasteiger partial charge in [0.25, 0.3) is 5.56 Å². The normalized spacial score (nSPS) is 37.2. The molecule has 3 aliphatic rings. The number of anilines is 1. The summed E-state index contributed by atoms with van der Waals surface area (Å²) in [6.45, 7) is 0.254. The minimum atomic E-state index is -5.10. The number of nitrogens with one attached hydrogen (secondary N) is 1. The first-order chi connectivity index (χ1) is 21.9. The third-order valence-electron chi connectivity index (χ3n) is 7.70. The zero-order chi connectivity index (χ0) is 32.5. The second-order valence-electron chi connectivity index (χ2n) is 10.6. The van der Waals surface area contributed by atoms with Crippen molar-refractivity contribution >= 4 is 43.9 Å². The lowest BCUT2D eigenvalue weighted by molar-refractivity contribution is -0.0672. The monoisotopic (exact) mass is 687 g/mol. The Morgan fingerprint density at radius 2 is 1.52 bits per heavy atom. The molecule has 2 bridgehead atoms. The second-order valence-corrected chi connectivity index (χ2v) is 13.4. The molecule has 7 rings (SSSR count). The van der Waals surface area contributed by atoms with Crippen LogP contribution >= 0.6 is 15.6 Å². The van der Waals surface area contributed by atoms with Gasteiger partial charge in [0.2, 0.25) is 5.95 Å². The van der Waals surface area contributed by atoms with Gasteiger partial charge in [-0.05, 0) is 6.42 Å². The zero-order valence-corrected chi connectivity index (χ0v) is 25.3. The van der Waals surface area contributed by atoms with Crippen molar-refractivity contribution in [3.8, 4) is 0 Å². The van der Waals surface area contributed by atoms with Gasteiger partial charge in [0.05, 0.1) is 31.6 Å². The lowest BCUT2D eigenvalue weighted by Gasteiger charge is -2.25. The standard InChI is InChI=1S/C22H27N9O13P2/c1-2-8-11-17(25-5-24-8)30(6-26-11)20-14(33)15-10(42-20)4-40-46(37,38)44-16-13(32)9(3-39-45(35,36)43-15)41-21(16)31-7-27-12-18(31)28-22(23)29-19(12)34/h5-7,9-10,13-16,20-21,32-33H,2-4H2,1H3,(H,35,36)(H,37,38)(H3,23,28,29,34)/t9-,10?,13-,14-,15-,16-,20-,21-/m1/s1. The van der Waals surface area contributed by atoms with E-state index in [9.17, 15) is 33.9 Å². The van der Waals surface area contributed by atoms with Gasteiger partial charge in [-0.15, -0.1) is 0 Å². The maximum atomic E-state index is 13.2. The third kappa shape index (κ3) is 5.45. The molecule has 3 aliphatic heterocycles. The summed E-state index contributed by atoms with van der Waals surface area (Å²) in [5.41, 5.74) is 6.02. The zero-order valence-electron chi connectivity index (χ0n) is 23.5. The fourth-order valence-electron chi connectivity index (χ4n) is 5.59. The Labute approximate surface area is 256 Å². The van der Waals surface area contributed by atoms with Gasteiger partial charge in [-0.25, -0.2) is 29.1 Å². The van der Waals surface area contributed by atoms with Crippen LogP contribution in [-0.4, -0.2) is 109 Å². The third-order valence-corrected chi connectivity index (χ3v) is 9.67. The summed E-state index contributed by atoms with van der Waals surface area (Å²) in [6.07, 6.45) is -8.21. The molecule has 46 heavy (non-hydrogen) atoms. The minimum absolute atomic E-state index is 0.120. The summed E-state index contributed by atoms with van der Waals surface area (Å²) >= 11 is 0. The molecule has 7 heterocycles. The van der Waals surface area contributed by atoms with Crippen molar-refractivity contribution in [2.75, 3.05) is 18.9 Å². The molecule has 0 amide bonds. The van der Waals surface area contributed by atoms with E-state index in [1.165, 1.54) is 17.2 Å². The van der Waals surface area contributed by atoms with E-state index in [0.717, 1.165) is 10.9 Å². The molecule has 3 fully saturated rings. The van der Waals surface area contributed by atoms with Crippen LogP contribution in [0.2, 0.25) is 0 Å². The van der Waals surface area contributed by atoms with Crippen LogP contribution in [0.5, 0.6) is 0 Å². The highest BCUT2D eigenvalue weighted by atomic mass is 31.2. The number of H-pyrrole nitrogens is 1. The molecule has 4 aromatic rings. The lowest BCUT2D eigenvalue weighted by atomic mass is 10.1. The van der Waals surface area contributed by atoms with Gasteiger partial charge >= 0.3 is 15.6 Å². The molecule has 3 unspecified atom stereocenters. The van der Waals surface area contributed by atoms with Gasteiger partial charge in [0, 0.05) is 0 Å². The highest BCUT2D eigenvalue weighted by Crippen LogP contribution is 2.53. The number of hydrogen-bond donors (Lipinski definition) is 6. The number of nitrogens with two attached hydrogens (primary N) is 1. The number of aromatic amines is 1. The van der Waals surface area contributed by atoms with E-state index in [1.807, 2.05) is 6.92 Å². The average molecular weight is 687 g/mol. The lowest BCUT2D eigenvalue weighted by Crippen LogP contribution is -2.36. The van der Waals surface area contributed by atoms with Crippen molar-refractivity contribution in [2.24, 2.45) is 0 Å². The first kappa shape index (κ1) is 31.4. The fourth-order valence-corrected chi connectivity index (χ4v) is 7.48. The van der Waals surface area contributed by atoms with Gasteiger partial charge in [-0.3, -0.25) is 37.0 Å². The molecule has 0 spiro atoms. The Morgan fingerprint density at radius 1 is 0.891 bits per heavy atom. The largest absolute Gasteiger partial charge is 0.472 e. The van der Waals surface area contributed by atoms with E-state index < -0.39 is 83.5 Å². The van der Waals surface area contributed by atoms with Crippen molar-refractivity contribution in [3.05, 3.63) is 35.0 Å². The molecular weight excluding hydrogens is 660 g/mol. The summed E-state index contributed by atoms with van der Waals surface area (Å²) in [5, 5.41) is 22.2. The van der Waals surface area contributed by atoms with Gasteiger partial charge in [0.15, 0.2) is 29.3 Å². The maximum Gasteiger partial charge on any atom is 0.472 e. The fraction of sp³-hybridized carbons (Fsp3) is 0.545. The van der Waals surface area contributed by atoms with Crippen molar-refractivity contribution < 1.29 is 56.7 Å². The molecule has 22 nitrogen and oxygen atoms in total. The van der Waals surface area contributed by atoms with Crippen molar-refractivity contribution in [1.82, 2.24) is 39.0 Å². The molecule has 24 heteroatoms. The topological polar surface area (TPSA) is 304 Å². The van der Waals surface area contributed by atoms with Crippen LogP contribution < -0.4 is 11.3 Å². The molecule has 3 saturated heterocycles. The number of nitrogen functional groups attached to an aromatic ring is 1. The van der Waals surface area contributed by atoms with Crippen LogP contribution in [-0.2, 0) is 43.1 Å². The van der Waals surface area contributed by atoms with E-state index in [4.69, 9.17) is 33.3 Å². The number of aliphatic hydroxyl groups excluding tert-OH is 2. The predicted octanol–water partition coefficient (Wildman–Crippen LogP) is -1.36. The Hall–Kier alpha value is -3.24. The van der Waals surface area contributed by atoms with Crippen LogP contribution in [0.3, 0.4) is 0 Å². The van der Waals surface area contributed by atoms with Crippen molar-refractivity contribution in [1.29, 1.82) is 0 Å². The second kappa shape index (κ2) is 11.5. The van der Waals surface area contributed by atoms with Crippen molar-refractivity contribution in [3.63, 3.8) is 0 Å². The number of phosphoric acid groups is 2. The number of hydrogen-bond acceptors (Lipinski definition) is 17. The number of nitrogens with zero attached hydrogens (tertiary/aromatic N) is 7. The number of phosphoric ester groups is 2. The summed E-state index contributed by atoms with van der Waals surface area (Å²) in [7, 11) is -10.2. The number of ether oxygens (including phenoxy) is 2. The molecule has 4 aromatic heterocycles. The predicted molar refractivity (Wildman–Crippen MR) is 148 cm³/mol. The average Bonchev–Trinajstić information content (AvgIpc) is 3.76. The molecule has 0 aliphatic carbocycles. The quantitative estimate of drug-likeness (QED) is 0.135. The molecule has 7 N–H and O–H groups in total. The van der Waals surface area contributed by atoms with Gasteiger partial charge < -0.3 is 35.2 Å². The highest BCUT2D eigenvalue weighted by Gasteiger charge is 2.54. The Bertz CT molecular complexity index is 1950. The van der Waals surface area contributed by atoms with Gasteiger partial charge in [-0.2, -0.15) is 4.98 Å². The van der Waals surface area contributed by atoms with E-state index in [1.54, 1.807) is 0 Å². The van der Waals surface area contributed by atoms with E-state index in [2.05, 4.69) is 29.9 Å². The van der Waals surface area contributed by atoms with Crippen LogP contribution in [0, 0.1) is 0 Å². The van der Waals surface area contributed by atoms with Gasteiger partial charge in [0.1, 0.15) is 48.5 Å². The summed E-state index contributed by atoms with van der Waals surface area (Å²) in [5.74, 6) is -0.277. The minimum Gasteiger partial charge on any atom is -0.387 e. The van der Waals surface area contributed by atoms with Crippen molar-refractivity contribution in [2.45, 2.75) is 62.4 Å². The van der Waals surface area contributed by atoms with E-state index in [-0.39, 0.29) is 22.8 Å².